The molecule has 1 fully saturated rings. The Hall–Kier alpha value is -0.750. The summed E-state index contributed by atoms with van der Waals surface area (Å²) in [6.07, 6.45) is 3.86. The third-order valence-electron chi connectivity index (χ3n) is 3.70. The van der Waals surface area contributed by atoms with Crippen molar-refractivity contribution in [2.75, 3.05) is 6.61 Å². The van der Waals surface area contributed by atoms with Gasteiger partial charge in [0.15, 0.2) is 11.5 Å². The van der Waals surface area contributed by atoms with Crippen molar-refractivity contribution in [3.63, 3.8) is 0 Å². The molecular formula is C18H18BrIO2. The van der Waals surface area contributed by atoms with Crippen LogP contribution >= 0.6 is 38.5 Å². The molecule has 0 aromatic heterocycles. The monoisotopic (exact) mass is 472 g/mol. The van der Waals surface area contributed by atoms with Crippen molar-refractivity contribution in [3.05, 3.63) is 56.1 Å². The highest BCUT2D eigenvalue weighted by Crippen LogP contribution is 2.36. The molecule has 2 aromatic rings. The lowest BCUT2D eigenvalue weighted by Gasteiger charge is -2.14. The molecule has 0 radical (unpaired) electrons. The molecule has 1 saturated carbocycles. The fraction of sp³-hybridized carbons (Fsp3) is 0.333. The summed E-state index contributed by atoms with van der Waals surface area (Å²) in [5, 5.41) is 0. The van der Waals surface area contributed by atoms with Crippen molar-refractivity contribution < 1.29 is 9.47 Å². The van der Waals surface area contributed by atoms with Gasteiger partial charge >= 0.3 is 0 Å². The molecule has 0 saturated heterocycles. The maximum atomic E-state index is 5.97. The van der Waals surface area contributed by atoms with Gasteiger partial charge in [-0.1, -0.05) is 43.2 Å². The second kappa shape index (κ2) is 7.68. The van der Waals surface area contributed by atoms with Crippen molar-refractivity contribution in [2.45, 2.75) is 25.9 Å². The second-order valence-electron chi connectivity index (χ2n) is 5.57. The van der Waals surface area contributed by atoms with E-state index in [2.05, 4.69) is 50.7 Å². The SMILES string of the molecule is Brc1cc(OCc2ccccc2)c(OCCC2CC2)cc1I. The van der Waals surface area contributed by atoms with Gasteiger partial charge in [0.25, 0.3) is 0 Å². The van der Waals surface area contributed by atoms with Gasteiger partial charge in [-0.25, -0.2) is 0 Å². The highest BCUT2D eigenvalue weighted by molar-refractivity contribution is 14.1. The Labute approximate surface area is 153 Å². The molecule has 22 heavy (non-hydrogen) atoms. The van der Waals surface area contributed by atoms with Gasteiger partial charge in [-0.3, -0.25) is 0 Å². The standard InChI is InChI=1S/C18H18BrIO2/c19-15-10-17(22-12-14-4-2-1-3-5-14)18(11-16(15)20)21-9-8-13-6-7-13/h1-5,10-11,13H,6-9,12H2. The van der Waals surface area contributed by atoms with Gasteiger partial charge in [0.2, 0.25) is 0 Å². The molecule has 0 atom stereocenters. The van der Waals surface area contributed by atoms with Gasteiger partial charge in [0.05, 0.1) is 6.61 Å². The molecule has 0 aliphatic heterocycles. The molecule has 3 rings (SSSR count). The lowest BCUT2D eigenvalue weighted by molar-refractivity contribution is 0.256. The second-order valence-corrected chi connectivity index (χ2v) is 7.58. The van der Waals surface area contributed by atoms with Gasteiger partial charge in [-0.05, 0) is 68.6 Å². The quantitative estimate of drug-likeness (QED) is 0.473. The Morgan fingerprint density at radius 2 is 1.77 bits per heavy atom. The van der Waals surface area contributed by atoms with E-state index in [4.69, 9.17) is 9.47 Å². The third kappa shape index (κ3) is 4.62. The number of benzene rings is 2. The summed E-state index contributed by atoms with van der Waals surface area (Å²) in [5.74, 6) is 2.51. The molecule has 1 aliphatic carbocycles. The van der Waals surface area contributed by atoms with Crippen molar-refractivity contribution in [2.24, 2.45) is 5.92 Å². The minimum absolute atomic E-state index is 0.548. The zero-order chi connectivity index (χ0) is 15.4. The van der Waals surface area contributed by atoms with Crippen molar-refractivity contribution in [1.29, 1.82) is 0 Å². The van der Waals surface area contributed by atoms with Crippen LogP contribution in [0.3, 0.4) is 0 Å². The highest BCUT2D eigenvalue weighted by atomic mass is 127. The number of halogens is 2. The highest BCUT2D eigenvalue weighted by Gasteiger charge is 2.21. The number of ether oxygens (including phenoxy) is 2. The Morgan fingerprint density at radius 1 is 1.05 bits per heavy atom. The average Bonchev–Trinajstić information content (AvgIpc) is 3.34. The van der Waals surface area contributed by atoms with Gasteiger partial charge in [-0.2, -0.15) is 0 Å². The summed E-state index contributed by atoms with van der Waals surface area (Å²) in [4.78, 5) is 0. The Balaban J connectivity index is 1.68. The number of hydrogen-bond donors (Lipinski definition) is 0. The van der Waals surface area contributed by atoms with Crippen LogP contribution in [0.4, 0.5) is 0 Å². The average molecular weight is 473 g/mol. The van der Waals surface area contributed by atoms with Crippen LogP contribution in [0.25, 0.3) is 0 Å². The van der Waals surface area contributed by atoms with Crippen LogP contribution in [0.1, 0.15) is 24.8 Å². The van der Waals surface area contributed by atoms with Crippen LogP contribution in [-0.2, 0) is 6.61 Å². The fourth-order valence-electron chi connectivity index (χ4n) is 2.21. The van der Waals surface area contributed by atoms with Crippen LogP contribution in [0.15, 0.2) is 46.9 Å². The molecule has 4 heteroatoms. The molecule has 0 bridgehead atoms. The summed E-state index contributed by atoms with van der Waals surface area (Å²) < 4.78 is 14.1. The van der Waals surface area contributed by atoms with Crippen LogP contribution < -0.4 is 9.47 Å². The van der Waals surface area contributed by atoms with Gasteiger partial charge in [-0.15, -0.1) is 0 Å². The Bertz CT molecular complexity index is 626. The molecule has 2 aromatic carbocycles. The molecule has 0 heterocycles. The predicted octanol–water partition coefficient (Wildman–Crippen LogP) is 5.81. The first-order chi connectivity index (χ1) is 10.7. The van der Waals surface area contributed by atoms with E-state index < -0.39 is 0 Å². The zero-order valence-corrected chi connectivity index (χ0v) is 16.0. The van der Waals surface area contributed by atoms with E-state index in [1.54, 1.807) is 0 Å². The van der Waals surface area contributed by atoms with Crippen molar-refractivity contribution >= 4 is 38.5 Å². The maximum absolute atomic E-state index is 5.97. The van der Waals surface area contributed by atoms with Crippen LogP contribution in [-0.4, -0.2) is 6.61 Å². The first kappa shape index (κ1) is 16.1. The molecule has 0 unspecified atom stereocenters. The van der Waals surface area contributed by atoms with Crippen LogP contribution in [0, 0.1) is 9.49 Å². The molecule has 1 aliphatic rings. The normalized spacial score (nSPS) is 13.9. The van der Waals surface area contributed by atoms with E-state index in [1.807, 2.05) is 30.3 Å². The topological polar surface area (TPSA) is 18.5 Å². The first-order valence-corrected chi connectivity index (χ1v) is 9.38. The van der Waals surface area contributed by atoms with Gasteiger partial charge in [0.1, 0.15) is 6.61 Å². The third-order valence-corrected chi connectivity index (χ3v) is 5.99. The summed E-state index contributed by atoms with van der Waals surface area (Å²) in [7, 11) is 0. The molecule has 0 N–H and O–H groups in total. The van der Waals surface area contributed by atoms with E-state index in [0.29, 0.717) is 6.61 Å². The Morgan fingerprint density at radius 3 is 2.50 bits per heavy atom. The Kier molecular flexibility index (Phi) is 5.63. The van der Waals surface area contributed by atoms with Gasteiger partial charge in [0, 0.05) is 8.04 Å². The van der Waals surface area contributed by atoms with Crippen molar-refractivity contribution in [3.8, 4) is 11.5 Å². The molecular weight excluding hydrogens is 455 g/mol. The zero-order valence-electron chi connectivity index (χ0n) is 12.2. The van der Waals surface area contributed by atoms with E-state index >= 15 is 0 Å². The molecule has 2 nitrogen and oxygen atoms in total. The molecule has 0 spiro atoms. The number of hydrogen-bond acceptors (Lipinski definition) is 2. The largest absolute Gasteiger partial charge is 0.490 e. The lowest BCUT2D eigenvalue weighted by atomic mass is 10.2. The summed E-state index contributed by atoms with van der Waals surface area (Å²) >= 11 is 5.87. The predicted molar refractivity (Wildman–Crippen MR) is 100 cm³/mol. The van der Waals surface area contributed by atoms with E-state index in [0.717, 1.165) is 44.1 Å². The molecule has 116 valence electrons. The summed E-state index contributed by atoms with van der Waals surface area (Å²) in [6.45, 7) is 1.32. The van der Waals surface area contributed by atoms with Crippen LogP contribution in [0.2, 0.25) is 0 Å². The first-order valence-electron chi connectivity index (χ1n) is 7.51. The van der Waals surface area contributed by atoms with E-state index in [-0.39, 0.29) is 0 Å². The van der Waals surface area contributed by atoms with Gasteiger partial charge < -0.3 is 9.47 Å². The molecule has 0 amide bonds. The maximum Gasteiger partial charge on any atom is 0.162 e. The summed E-state index contributed by atoms with van der Waals surface area (Å²) in [6, 6.07) is 14.2. The fourth-order valence-corrected chi connectivity index (χ4v) is 2.97. The van der Waals surface area contributed by atoms with E-state index in [1.165, 1.54) is 12.8 Å². The van der Waals surface area contributed by atoms with Crippen LogP contribution in [0.5, 0.6) is 11.5 Å². The smallest absolute Gasteiger partial charge is 0.162 e. The van der Waals surface area contributed by atoms with Crippen molar-refractivity contribution in [1.82, 2.24) is 0 Å². The number of rotatable bonds is 7. The summed E-state index contributed by atoms with van der Waals surface area (Å²) in [5.41, 5.74) is 1.15. The minimum Gasteiger partial charge on any atom is -0.490 e. The minimum atomic E-state index is 0.548. The van der Waals surface area contributed by atoms with E-state index in [9.17, 15) is 0 Å². The lowest BCUT2D eigenvalue weighted by Crippen LogP contribution is -2.03.